The van der Waals surface area contributed by atoms with Crippen LogP contribution in [0.15, 0.2) is 89.2 Å². The second-order valence-corrected chi connectivity index (χ2v) is 8.06. The molecule has 0 fully saturated rings. The highest BCUT2D eigenvalue weighted by atomic mass is 32.1. The van der Waals surface area contributed by atoms with Crippen LogP contribution >= 0.6 is 11.3 Å². The maximum atomic E-state index is 13.0. The lowest BCUT2D eigenvalue weighted by Gasteiger charge is -2.09. The molecule has 1 aromatic heterocycles. The number of aliphatic hydroxyl groups excluding tert-OH is 1. The van der Waals surface area contributed by atoms with Gasteiger partial charge in [-0.2, -0.15) is 13.2 Å². The van der Waals surface area contributed by atoms with E-state index in [-0.39, 0.29) is 18.8 Å². The molecule has 4 rings (SSSR count). The van der Waals surface area contributed by atoms with Crippen molar-refractivity contribution >= 4 is 23.0 Å². The van der Waals surface area contributed by atoms with Gasteiger partial charge in [0.05, 0.1) is 29.1 Å². The summed E-state index contributed by atoms with van der Waals surface area (Å²) in [6.07, 6.45) is -4.46. The number of hydrogen-bond donors (Lipinski definition) is 1. The number of alkyl halides is 3. The number of aromatic nitrogens is 1. The highest BCUT2D eigenvalue weighted by molar-refractivity contribution is 7.07. The number of aliphatic hydroxyl groups is 1. The van der Waals surface area contributed by atoms with E-state index in [0.717, 1.165) is 23.4 Å². The third-order valence-corrected chi connectivity index (χ3v) is 5.75. The number of esters is 1. The van der Waals surface area contributed by atoms with Gasteiger partial charge in [-0.3, -0.25) is 0 Å². The summed E-state index contributed by atoms with van der Waals surface area (Å²) < 4.78 is 46.2. The largest absolute Gasteiger partial charge is 0.423 e. The van der Waals surface area contributed by atoms with Crippen LogP contribution in [0.25, 0.3) is 11.3 Å². The number of thiazole rings is 1. The van der Waals surface area contributed by atoms with E-state index < -0.39 is 17.7 Å². The first-order valence-electron chi connectivity index (χ1n) is 10.2. The summed E-state index contributed by atoms with van der Waals surface area (Å²) in [6, 6.07) is 20.2. The number of nitrogens with zero attached hydrogens (tertiary/aromatic N) is 2. The molecule has 0 saturated carbocycles. The van der Waals surface area contributed by atoms with E-state index >= 15 is 0 Å². The second-order valence-electron chi connectivity index (χ2n) is 7.22. The van der Waals surface area contributed by atoms with E-state index in [2.05, 4.69) is 4.99 Å². The zero-order valence-electron chi connectivity index (χ0n) is 17.7. The van der Waals surface area contributed by atoms with Gasteiger partial charge in [0, 0.05) is 11.9 Å². The molecule has 0 amide bonds. The standard InChI is InChI=1S/C25H19F3N2O3S/c26-25(27,28)19-7-4-8-20(15-19)29-24-30(13-14-31)22(16-34-24)17-9-11-21(12-10-17)33-23(32)18-5-2-1-3-6-18/h1-12,15-16,31H,13-14H2. The van der Waals surface area contributed by atoms with E-state index in [1.54, 1.807) is 53.1 Å². The molecule has 9 heteroatoms. The monoisotopic (exact) mass is 484 g/mol. The van der Waals surface area contributed by atoms with Crippen molar-refractivity contribution in [1.82, 2.24) is 4.57 Å². The maximum Gasteiger partial charge on any atom is 0.416 e. The number of benzene rings is 3. The predicted octanol–water partition coefficient (Wildman–Crippen LogP) is 5.68. The van der Waals surface area contributed by atoms with E-state index in [4.69, 9.17) is 4.74 Å². The third-order valence-electron chi connectivity index (χ3n) is 4.89. The molecule has 1 heterocycles. The van der Waals surface area contributed by atoms with Crippen LogP contribution in [0.4, 0.5) is 18.9 Å². The van der Waals surface area contributed by atoms with Crippen LogP contribution in [0.5, 0.6) is 5.75 Å². The Hall–Kier alpha value is -3.69. The zero-order valence-corrected chi connectivity index (χ0v) is 18.5. The lowest BCUT2D eigenvalue weighted by molar-refractivity contribution is -0.137. The van der Waals surface area contributed by atoms with Gasteiger partial charge in [-0.05, 0) is 60.2 Å². The summed E-state index contributed by atoms with van der Waals surface area (Å²) in [5, 5.41) is 11.4. The summed E-state index contributed by atoms with van der Waals surface area (Å²) in [7, 11) is 0. The van der Waals surface area contributed by atoms with Gasteiger partial charge in [-0.15, -0.1) is 11.3 Å². The molecule has 0 spiro atoms. The van der Waals surface area contributed by atoms with Gasteiger partial charge in [-0.25, -0.2) is 9.79 Å². The lowest BCUT2D eigenvalue weighted by atomic mass is 10.1. The van der Waals surface area contributed by atoms with E-state index in [1.165, 1.54) is 23.5 Å². The molecule has 0 aliphatic carbocycles. The fourth-order valence-electron chi connectivity index (χ4n) is 3.26. The Labute approximate surface area is 197 Å². The number of rotatable bonds is 6. The number of carbonyl (C=O) groups excluding carboxylic acids is 1. The normalized spacial score (nSPS) is 12.1. The Morgan fingerprint density at radius 2 is 1.74 bits per heavy atom. The Kier molecular flexibility index (Phi) is 6.95. The Morgan fingerprint density at radius 3 is 2.41 bits per heavy atom. The molecule has 0 aliphatic heterocycles. The first-order valence-corrected chi connectivity index (χ1v) is 11.1. The van der Waals surface area contributed by atoms with E-state index in [9.17, 15) is 23.1 Å². The molecule has 4 aromatic rings. The van der Waals surface area contributed by atoms with Crippen molar-refractivity contribution in [2.75, 3.05) is 6.61 Å². The van der Waals surface area contributed by atoms with Crippen LogP contribution in [-0.2, 0) is 12.7 Å². The first kappa shape index (κ1) is 23.5. The number of carbonyl (C=O) groups is 1. The van der Waals surface area contributed by atoms with Crippen molar-refractivity contribution in [3.8, 4) is 17.0 Å². The van der Waals surface area contributed by atoms with Gasteiger partial charge in [0.15, 0.2) is 4.80 Å². The highest BCUT2D eigenvalue weighted by Gasteiger charge is 2.30. The van der Waals surface area contributed by atoms with Crippen molar-refractivity contribution < 1.29 is 27.8 Å². The fourth-order valence-corrected chi connectivity index (χ4v) is 4.22. The minimum Gasteiger partial charge on any atom is -0.423 e. The lowest BCUT2D eigenvalue weighted by Crippen LogP contribution is -2.18. The number of ether oxygens (including phenoxy) is 1. The summed E-state index contributed by atoms with van der Waals surface area (Å²) in [4.78, 5) is 17.1. The third kappa shape index (κ3) is 5.44. The summed E-state index contributed by atoms with van der Waals surface area (Å²) in [6.45, 7) is 0.0354. The van der Waals surface area contributed by atoms with Crippen LogP contribution < -0.4 is 9.54 Å². The Balaban J connectivity index is 1.62. The zero-order chi connectivity index (χ0) is 24.1. The Bertz CT molecular complexity index is 1340. The second kappa shape index (κ2) is 10.1. The van der Waals surface area contributed by atoms with Crippen LogP contribution in [0.2, 0.25) is 0 Å². The summed E-state index contributed by atoms with van der Waals surface area (Å²) in [5.41, 5.74) is 1.32. The van der Waals surface area contributed by atoms with Crippen LogP contribution in [0.3, 0.4) is 0 Å². The molecule has 0 bridgehead atoms. The van der Waals surface area contributed by atoms with Crippen LogP contribution in [-0.4, -0.2) is 22.2 Å². The SMILES string of the molecule is O=C(Oc1ccc(-c2csc(=Nc3cccc(C(F)(F)F)c3)n2CCO)cc1)c1ccccc1. The van der Waals surface area contributed by atoms with Crippen molar-refractivity contribution in [3.63, 3.8) is 0 Å². The quantitative estimate of drug-likeness (QED) is 0.283. The molecule has 3 aromatic carbocycles. The van der Waals surface area contributed by atoms with Gasteiger partial charge in [0.1, 0.15) is 5.75 Å². The molecule has 0 atom stereocenters. The molecule has 1 N–H and O–H groups in total. The molecule has 0 radical (unpaired) electrons. The molecule has 0 unspecified atom stereocenters. The number of hydrogen-bond acceptors (Lipinski definition) is 5. The minimum atomic E-state index is -4.46. The summed E-state index contributed by atoms with van der Waals surface area (Å²) >= 11 is 1.25. The van der Waals surface area contributed by atoms with Crippen molar-refractivity contribution in [2.24, 2.45) is 4.99 Å². The smallest absolute Gasteiger partial charge is 0.416 e. The molecule has 34 heavy (non-hydrogen) atoms. The van der Waals surface area contributed by atoms with Gasteiger partial charge in [-0.1, -0.05) is 24.3 Å². The number of halogens is 3. The first-order chi connectivity index (χ1) is 16.3. The van der Waals surface area contributed by atoms with Gasteiger partial charge < -0.3 is 14.4 Å². The van der Waals surface area contributed by atoms with Crippen molar-refractivity contribution in [2.45, 2.75) is 12.7 Å². The van der Waals surface area contributed by atoms with Crippen LogP contribution in [0, 0.1) is 0 Å². The van der Waals surface area contributed by atoms with Gasteiger partial charge >= 0.3 is 12.1 Å². The van der Waals surface area contributed by atoms with E-state index in [1.807, 2.05) is 11.4 Å². The van der Waals surface area contributed by atoms with Gasteiger partial charge in [0.25, 0.3) is 0 Å². The average molecular weight is 484 g/mol. The minimum absolute atomic E-state index is 0.165. The molecular formula is C25H19F3N2O3S. The molecular weight excluding hydrogens is 465 g/mol. The van der Waals surface area contributed by atoms with Crippen LogP contribution in [0.1, 0.15) is 15.9 Å². The average Bonchev–Trinajstić information content (AvgIpc) is 3.22. The predicted molar refractivity (Wildman–Crippen MR) is 123 cm³/mol. The van der Waals surface area contributed by atoms with Gasteiger partial charge in [0.2, 0.25) is 0 Å². The molecule has 0 aliphatic rings. The van der Waals surface area contributed by atoms with Crippen molar-refractivity contribution in [1.29, 1.82) is 0 Å². The van der Waals surface area contributed by atoms with Crippen molar-refractivity contribution in [3.05, 3.63) is 100 Å². The molecule has 5 nitrogen and oxygen atoms in total. The Morgan fingerprint density at radius 1 is 1.00 bits per heavy atom. The van der Waals surface area contributed by atoms with E-state index in [0.29, 0.717) is 16.1 Å². The summed E-state index contributed by atoms with van der Waals surface area (Å²) in [5.74, 6) is -0.100. The fraction of sp³-hybridized carbons (Fsp3) is 0.120. The molecule has 174 valence electrons. The topological polar surface area (TPSA) is 63.8 Å². The molecule has 0 saturated heterocycles. The maximum absolute atomic E-state index is 13.0. The highest BCUT2D eigenvalue weighted by Crippen LogP contribution is 2.31.